The molecule has 0 saturated carbocycles. The molecule has 1 aliphatic heterocycles. The van der Waals surface area contributed by atoms with E-state index in [4.69, 9.17) is 14.9 Å². The van der Waals surface area contributed by atoms with Gasteiger partial charge in [0.1, 0.15) is 12.6 Å². The van der Waals surface area contributed by atoms with Crippen LogP contribution < -0.4 is 15.0 Å². The number of carbonyl (C=O) groups is 3. The average molecular weight is 308 g/mol. The number of amides is 1. The molecule has 22 heavy (non-hydrogen) atoms. The zero-order valence-corrected chi connectivity index (χ0v) is 11.9. The fourth-order valence-electron chi connectivity index (χ4n) is 2.10. The molecule has 1 aliphatic rings. The van der Waals surface area contributed by atoms with E-state index in [2.05, 4.69) is 5.32 Å². The van der Waals surface area contributed by atoms with Crippen LogP contribution in [0.25, 0.3) is 0 Å². The van der Waals surface area contributed by atoms with Crippen molar-refractivity contribution in [2.24, 2.45) is 0 Å². The summed E-state index contributed by atoms with van der Waals surface area (Å²) in [7, 11) is 0. The molecule has 0 saturated heterocycles. The number of anilines is 1. The second-order valence-corrected chi connectivity index (χ2v) is 4.94. The van der Waals surface area contributed by atoms with E-state index in [1.807, 2.05) is 6.92 Å². The molecular weight excluding hydrogens is 292 g/mol. The topological polar surface area (TPSA) is 116 Å². The summed E-state index contributed by atoms with van der Waals surface area (Å²) in [6.45, 7) is 0.829. The monoisotopic (exact) mass is 308 g/mol. The molecule has 8 heteroatoms. The van der Waals surface area contributed by atoms with Gasteiger partial charge in [-0.25, -0.2) is 9.59 Å². The van der Waals surface area contributed by atoms with Crippen LogP contribution in [0.3, 0.4) is 0 Å². The van der Waals surface area contributed by atoms with E-state index < -0.39 is 30.5 Å². The number of benzene rings is 1. The van der Waals surface area contributed by atoms with Gasteiger partial charge in [0.2, 0.25) is 5.91 Å². The Hall–Kier alpha value is -2.61. The smallest absolute Gasteiger partial charge is 0.331 e. The predicted molar refractivity (Wildman–Crippen MR) is 75.7 cm³/mol. The number of ether oxygens (including phenoxy) is 1. The highest BCUT2D eigenvalue weighted by Gasteiger charge is 2.27. The molecule has 0 radical (unpaired) electrons. The first-order valence-corrected chi connectivity index (χ1v) is 6.60. The summed E-state index contributed by atoms with van der Waals surface area (Å²) in [5.74, 6) is -2.08. The zero-order chi connectivity index (χ0) is 16.3. The lowest BCUT2D eigenvalue weighted by Gasteiger charge is -2.29. The lowest BCUT2D eigenvalue weighted by Crippen LogP contribution is -2.49. The molecule has 1 unspecified atom stereocenters. The van der Waals surface area contributed by atoms with E-state index in [1.54, 1.807) is 18.2 Å². The summed E-state index contributed by atoms with van der Waals surface area (Å²) < 4.78 is 5.09. The fraction of sp³-hybridized carbons (Fsp3) is 0.357. The first-order valence-electron chi connectivity index (χ1n) is 6.60. The van der Waals surface area contributed by atoms with Crippen LogP contribution in [0.5, 0.6) is 5.75 Å². The molecule has 1 atom stereocenters. The van der Waals surface area contributed by atoms with E-state index in [0.717, 1.165) is 5.56 Å². The quantitative estimate of drug-likeness (QED) is 0.485. The number of rotatable bonds is 5. The van der Waals surface area contributed by atoms with Gasteiger partial charge in [0.25, 0.3) is 0 Å². The van der Waals surface area contributed by atoms with E-state index in [-0.39, 0.29) is 13.1 Å². The van der Waals surface area contributed by atoms with Crippen molar-refractivity contribution in [1.29, 1.82) is 0 Å². The molecule has 118 valence electrons. The van der Waals surface area contributed by atoms with Gasteiger partial charge in [0.15, 0.2) is 5.75 Å². The lowest BCUT2D eigenvalue weighted by molar-refractivity contribution is -0.142. The number of hydrogen-bond donors (Lipinski definition) is 3. The number of nitrogens with one attached hydrogen (secondary N) is 1. The third kappa shape index (κ3) is 3.53. The molecule has 8 nitrogen and oxygen atoms in total. The maximum atomic E-state index is 11.9. The number of nitrogens with zero attached hydrogens (tertiary/aromatic N) is 1. The first kappa shape index (κ1) is 15.8. The minimum absolute atomic E-state index is 0.110. The van der Waals surface area contributed by atoms with Gasteiger partial charge >= 0.3 is 11.9 Å². The van der Waals surface area contributed by atoms with Crippen LogP contribution >= 0.6 is 0 Å². The molecule has 1 amide bonds. The molecule has 0 aliphatic carbocycles. The van der Waals surface area contributed by atoms with Crippen LogP contribution in [0.2, 0.25) is 0 Å². The van der Waals surface area contributed by atoms with Gasteiger partial charge in [-0.1, -0.05) is 6.07 Å². The van der Waals surface area contributed by atoms with Crippen molar-refractivity contribution in [2.45, 2.75) is 13.0 Å². The van der Waals surface area contributed by atoms with Gasteiger partial charge in [-0.2, -0.15) is 0 Å². The van der Waals surface area contributed by atoms with E-state index in [1.165, 1.54) is 4.90 Å². The summed E-state index contributed by atoms with van der Waals surface area (Å²) in [6.07, 6.45) is 0. The number of fused-ring (bicyclic) bond motifs is 1. The number of aliphatic hydroxyl groups is 1. The predicted octanol–water partition coefficient (Wildman–Crippen LogP) is -0.718. The van der Waals surface area contributed by atoms with Crippen LogP contribution in [0.1, 0.15) is 5.56 Å². The Morgan fingerprint density at radius 1 is 1.45 bits per heavy atom. The third-order valence-corrected chi connectivity index (χ3v) is 3.15. The summed E-state index contributed by atoms with van der Waals surface area (Å²) in [5, 5.41) is 19.9. The highest BCUT2D eigenvalue weighted by molar-refractivity contribution is 5.91. The van der Waals surface area contributed by atoms with Crippen molar-refractivity contribution in [1.82, 2.24) is 5.32 Å². The highest BCUT2D eigenvalue weighted by atomic mass is 16.5. The van der Waals surface area contributed by atoms with Gasteiger partial charge in [0, 0.05) is 0 Å². The normalized spacial score (nSPS) is 14.8. The Morgan fingerprint density at radius 2 is 2.18 bits per heavy atom. The molecule has 1 aromatic rings. The van der Waals surface area contributed by atoms with Gasteiger partial charge < -0.3 is 25.2 Å². The van der Waals surface area contributed by atoms with Crippen molar-refractivity contribution < 1.29 is 29.3 Å². The van der Waals surface area contributed by atoms with Crippen LogP contribution in [-0.4, -0.2) is 53.8 Å². The van der Waals surface area contributed by atoms with Crippen molar-refractivity contribution in [2.75, 3.05) is 24.6 Å². The summed E-state index contributed by atoms with van der Waals surface area (Å²) in [5.41, 5.74) is 1.52. The van der Waals surface area contributed by atoms with Crippen LogP contribution in [0.15, 0.2) is 18.2 Å². The van der Waals surface area contributed by atoms with Crippen molar-refractivity contribution in [3.8, 4) is 5.75 Å². The summed E-state index contributed by atoms with van der Waals surface area (Å²) in [6, 6.07) is 3.82. The molecule has 0 fully saturated rings. The summed E-state index contributed by atoms with van der Waals surface area (Å²) >= 11 is 0. The molecule has 3 N–H and O–H groups in total. The maximum absolute atomic E-state index is 11.9. The second kappa shape index (κ2) is 6.44. The van der Waals surface area contributed by atoms with Crippen molar-refractivity contribution in [3.63, 3.8) is 0 Å². The largest absolute Gasteiger partial charge is 0.480 e. The lowest BCUT2D eigenvalue weighted by atomic mass is 10.1. The average Bonchev–Trinajstić information content (AvgIpc) is 2.45. The number of aryl methyl sites for hydroxylation is 1. The van der Waals surface area contributed by atoms with Gasteiger partial charge in [-0.3, -0.25) is 4.79 Å². The summed E-state index contributed by atoms with van der Waals surface area (Å²) in [4.78, 5) is 35.8. The van der Waals surface area contributed by atoms with Crippen LogP contribution in [0, 0.1) is 6.92 Å². The standard InChI is InChI=1S/C14H16N2O6/c1-8-2-3-11-10(4-8)16(6-13(19)22-11)5-12(18)15-9(7-17)14(20)21/h2-4,9,17H,5-7H2,1H3,(H,15,18)(H,20,21). The first-order chi connectivity index (χ1) is 10.4. The number of carboxylic acids is 1. The van der Waals surface area contributed by atoms with Crippen molar-refractivity contribution in [3.05, 3.63) is 23.8 Å². The molecular formula is C14H16N2O6. The number of esters is 1. The third-order valence-electron chi connectivity index (χ3n) is 3.15. The number of hydrogen-bond acceptors (Lipinski definition) is 6. The Morgan fingerprint density at radius 3 is 2.82 bits per heavy atom. The minimum atomic E-state index is -1.37. The Kier molecular flexibility index (Phi) is 4.62. The molecule has 1 heterocycles. The molecule has 2 rings (SSSR count). The SMILES string of the molecule is Cc1ccc2c(c1)N(CC(=O)NC(CO)C(=O)O)CC(=O)O2. The van der Waals surface area contributed by atoms with Gasteiger partial charge in [-0.15, -0.1) is 0 Å². The zero-order valence-electron chi connectivity index (χ0n) is 11.9. The fourth-order valence-corrected chi connectivity index (χ4v) is 2.10. The molecule has 1 aromatic carbocycles. The Balaban J connectivity index is 2.13. The maximum Gasteiger partial charge on any atom is 0.331 e. The second-order valence-electron chi connectivity index (χ2n) is 4.94. The van der Waals surface area contributed by atoms with Crippen molar-refractivity contribution >= 4 is 23.5 Å². The number of aliphatic hydroxyl groups excluding tert-OH is 1. The van der Waals surface area contributed by atoms with E-state index in [9.17, 15) is 14.4 Å². The van der Waals surface area contributed by atoms with Crippen LogP contribution in [-0.2, 0) is 14.4 Å². The van der Waals surface area contributed by atoms with E-state index >= 15 is 0 Å². The van der Waals surface area contributed by atoms with Crippen LogP contribution in [0.4, 0.5) is 5.69 Å². The van der Waals surface area contributed by atoms with E-state index in [0.29, 0.717) is 11.4 Å². The molecule has 0 bridgehead atoms. The number of carbonyl (C=O) groups excluding carboxylic acids is 2. The van der Waals surface area contributed by atoms with Gasteiger partial charge in [0.05, 0.1) is 18.8 Å². The Labute approximate surface area is 126 Å². The highest BCUT2D eigenvalue weighted by Crippen LogP contribution is 2.32. The minimum Gasteiger partial charge on any atom is -0.480 e. The number of aliphatic carboxylic acids is 1. The Bertz CT molecular complexity index is 615. The molecule has 0 aromatic heterocycles. The van der Waals surface area contributed by atoms with Gasteiger partial charge in [-0.05, 0) is 24.6 Å². The molecule has 0 spiro atoms. The number of carboxylic acid groups (broad SMARTS) is 1.